The third-order valence-corrected chi connectivity index (χ3v) is 4.58. The van der Waals surface area contributed by atoms with E-state index in [4.69, 9.17) is 23.2 Å². The Morgan fingerprint density at radius 3 is 2.84 bits per heavy atom. The molecule has 25 heavy (non-hydrogen) atoms. The van der Waals surface area contributed by atoms with Crippen molar-refractivity contribution in [2.24, 2.45) is 0 Å². The fraction of sp³-hybridized carbons (Fsp3) is 0.118. The van der Waals surface area contributed by atoms with Gasteiger partial charge in [0.25, 0.3) is 0 Å². The summed E-state index contributed by atoms with van der Waals surface area (Å²) in [6, 6.07) is 11.5. The third kappa shape index (κ3) is 2.83. The molecule has 0 spiro atoms. The molecule has 0 saturated carbocycles. The lowest BCUT2D eigenvalue weighted by Gasteiger charge is -2.25. The highest BCUT2D eigenvalue weighted by Crippen LogP contribution is 2.32. The van der Waals surface area contributed by atoms with E-state index in [0.717, 1.165) is 5.52 Å². The number of carbonyl (C=O) groups excluding carboxylic acids is 2. The Morgan fingerprint density at radius 2 is 2.04 bits per heavy atom. The van der Waals surface area contributed by atoms with Crippen molar-refractivity contribution in [3.63, 3.8) is 0 Å². The van der Waals surface area contributed by atoms with Crippen LogP contribution >= 0.6 is 23.2 Å². The molecular weight excluding hydrogens is 363 g/mol. The molecule has 1 aliphatic heterocycles. The fourth-order valence-corrected chi connectivity index (χ4v) is 3.36. The number of amides is 2. The Kier molecular flexibility index (Phi) is 3.86. The number of imidazole rings is 1. The standard InChI is InChI=1S/C17H12Cl2N4O2/c18-9-5-6-11(10(19)7-9)20-16(25)14-8-15(24)22-17-21-12-3-1-2-4-13(12)23(14)17/h1-7,14H,8H2,(H,20,25)(H,21,22,24)/t14-/m1/s1. The molecule has 1 aromatic heterocycles. The number of hydrogen-bond acceptors (Lipinski definition) is 3. The summed E-state index contributed by atoms with van der Waals surface area (Å²) in [5, 5.41) is 6.28. The monoisotopic (exact) mass is 374 g/mol. The zero-order chi connectivity index (χ0) is 17.6. The van der Waals surface area contributed by atoms with Gasteiger partial charge in [-0.1, -0.05) is 35.3 Å². The molecule has 4 rings (SSSR count). The first-order chi connectivity index (χ1) is 12.0. The molecule has 126 valence electrons. The van der Waals surface area contributed by atoms with Crippen molar-refractivity contribution in [3.05, 3.63) is 52.5 Å². The van der Waals surface area contributed by atoms with E-state index in [0.29, 0.717) is 27.2 Å². The smallest absolute Gasteiger partial charge is 0.248 e. The van der Waals surface area contributed by atoms with Gasteiger partial charge in [0.2, 0.25) is 17.8 Å². The minimum absolute atomic E-state index is 0.0183. The number of nitrogens with zero attached hydrogens (tertiary/aromatic N) is 2. The second-order valence-corrected chi connectivity index (χ2v) is 6.52. The van der Waals surface area contributed by atoms with E-state index >= 15 is 0 Å². The van der Waals surface area contributed by atoms with Crippen molar-refractivity contribution in [2.75, 3.05) is 10.6 Å². The third-order valence-electron chi connectivity index (χ3n) is 4.03. The zero-order valence-electron chi connectivity index (χ0n) is 12.8. The molecule has 0 radical (unpaired) electrons. The van der Waals surface area contributed by atoms with Crippen molar-refractivity contribution in [1.82, 2.24) is 9.55 Å². The Bertz CT molecular complexity index is 1020. The summed E-state index contributed by atoms with van der Waals surface area (Å²) in [5.41, 5.74) is 1.93. The molecule has 6 nitrogen and oxygen atoms in total. The number of para-hydroxylation sites is 2. The lowest BCUT2D eigenvalue weighted by molar-refractivity contribution is -0.124. The van der Waals surface area contributed by atoms with Crippen LogP contribution in [0.4, 0.5) is 11.6 Å². The molecular formula is C17H12Cl2N4O2. The van der Waals surface area contributed by atoms with E-state index in [9.17, 15) is 9.59 Å². The Balaban J connectivity index is 1.73. The number of fused-ring (bicyclic) bond motifs is 3. The topological polar surface area (TPSA) is 76.0 Å². The van der Waals surface area contributed by atoms with E-state index in [1.807, 2.05) is 24.3 Å². The fourth-order valence-electron chi connectivity index (χ4n) is 2.91. The van der Waals surface area contributed by atoms with Gasteiger partial charge >= 0.3 is 0 Å². The maximum atomic E-state index is 12.8. The summed E-state index contributed by atoms with van der Waals surface area (Å²) in [6.45, 7) is 0. The van der Waals surface area contributed by atoms with Crippen molar-refractivity contribution in [3.8, 4) is 0 Å². The van der Waals surface area contributed by atoms with E-state index in [1.54, 1.807) is 22.8 Å². The zero-order valence-corrected chi connectivity index (χ0v) is 14.3. The molecule has 0 unspecified atom stereocenters. The summed E-state index contributed by atoms with van der Waals surface area (Å²) >= 11 is 12.0. The molecule has 1 aliphatic rings. The number of carbonyl (C=O) groups is 2. The highest BCUT2D eigenvalue weighted by atomic mass is 35.5. The quantitative estimate of drug-likeness (QED) is 0.714. The summed E-state index contributed by atoms with van der Waals surface area (Å²) < 4.78 is 1.73. The average Bonchev–Trinajstić information content (AvgIpc) is 2.94. The normalized spacial score (nSPS) is 16.4. The second-order valence-electron chi connectivity index (χ2n) is 5.68. The van der Waals surface area contributed by atoms with Crippen LogP contribution in [0.3, 0.4) is 0 Å². The maximum absolute atomic E-state index is 12.8. The van der Waals surface area contributed by atoms with Gasteiger partial charge in [0, 0.05) is 5.02 Å². The molecule has 0 saturated heterocycles. The molecule has 1 atom stereocenters. The highest BCUT2D eigenvalue weighted by Gasteiger charge is 2.33. The second kappa shape index (κ2) is 6.06. The van der Waals surface area contributed by atoms with E-state index in [2.05, 4.69) is 15.6 Å². The van der Waals surface area contributed by atoms with E-state index in [-0.39, 0.29) is 18.2 Å². The molecule has 0 aliphatic carbocycles. The number of nitrogens with one attached hydrogen (secondary N) is 2. The molecule has 2 aromatic carbocycles. The molecule has 0 fully saturated rings. The Morgan fingerprint density at radius 1 is 1.24 bits per heavy atom. The summed E-state index contributed by atoms with van der Waals surface area (Å²) in [6.07, 6.45) is 0.0183. The first-order valence-electron chi connectivity index (χ1n) is 7.55. The molecule has 2 N–H and O–H groups in total. The molecule has 2 heterocycles. The molecule has 3 aromatic rings. The number of benzene rings is 2. The SMILES string of the molecule is O=C1C[C@H](C(=O)Nc2ccc(Cl)cc2Cl)n2c(nc3ccccc32)N1. The molecule has 2 amide bonds. The lowest BCUT2D eigenvalue weighted by atomic mass is 10.1. The van der Waals surface area contributed by atoms with Gasteiger partial charge in [-0.2, -0.15) is 0 Å². The number of halogens is 2. The molecule has 0 bridgehead atoms. The predicted molar refractivity (Wildman–Crippen MR) is 97.1 cm³/mol. The first-order valence-corrected chi connectivity index (χ1v) is 8.31. The van der Waals surface area contributed by atoms with Crippen LogP contribution < -0.4 is 10.6 Å². The van der Waals surface area contributed by atoms with Crippen molar-refractivity contribution in [1.29, 1.82) is 0 Å². The minimum Gasteiger partial charge on any atom is -0.323 e. The van der Waals surface area contributed by atoms with Crippen LogP contribution in [-0.2, 0) is 9.59 Å². The van der Waals surface area contributed by atoms with Crippen LogP contribution in [0.5, 0.6) is 0 Å². The van der Waals surface area contributed by atoms with E-state index < -0.39 is 6.04 Å². The van der Waals surface area contributed by atoms with Crippen LogP contribution in [-0.4, -0.2) is 21.4 Å². The Labute approximate surface area is 152 Å². The van der Waals surface area contributed by atoms with Crippen LogP contribution in [0.25, 0.3) is 11.0 Å². The summed E-state index contributed by atoms with van der Waals surface area (Å²) in [7, 11) is 0. The van der Waals surface area contributed by atoms with Gasteiger partial charge in [0.15, 0.2) is 0 Å². The highest BCUT2D eigenvalue weighted by molar-refractivity contribution is 6.36. The number of rotatable bonds is 2. The van der Waals surface area contributed by atoms with Crippen molar-refractivity contribution in [2.45, 2.75) is 12.5 Å². The van der Waals surface area contributed by atoms with E-state index in [1.165, 1.54) is 0 Å². The lowest BCUT2D eigenvalue weighted by Crippen LogP contribution is -2.35. The average molecular weight is 375 g/mol. The van der Waals surface area contributed by atoms with Crippen LogP contribution in [0.15, 0.2) is 42.5 Å². The van der Waals surface area contributed by atoms with Crippen LogP contribution in [0.1, 0.15) is 12.5 Å². The predicted octanol–water partition coefficient (Wildman–Crippen LogP) is 3.87. The number of aromatic nitrogens is 2. The van der Waals surface area contributed by atoms with Crippen molar-refractivity contribution < 1.29 is 9.59 Å². The maximum Gasteiger partial charge on any atom is 0.248 e. The van der Waals surface area contributed by atoms with Crippen LogP contribution in [0.2, 0.25) is 10.0 Å². The largest absolute Gasteiger partial charge is 0.323 e. The molecule has 8 heteroatoms. The summed E-state index contributed by atoms with van der Waals surface area (Å²) in [4.78, 5) is 29.2. The summed E-state index contributed by atoms with van der Waals surface area (Å²) in [5.74, 6) is -0.242. The first kappa shape index (κ1) is 15.9. The minimum atomic E-state index is -0.720. The van der Waals surface area contributed by atoms with Gasteiger partial charge < -0.3 is 5.32 Å². The van der Waals surface area contributed by atoms with Crippen LogP contribution in [0, 0.1) is 0 Å². The number of anilines is 2. The van der Waals surface area contributed by atoms with Gasteiger partial charge in [-0.3, -0.25) is 19.5 Å². The van der Waals surface area contributed by atoms with Gasteiger partial charge in [0.05, 0.1) is 28.2 Å². The van der Waals surface area contributed by atoms with Crippen molar-refractivity contribution >= 4 is 57.7 Å². The van der Waals surface area contributed by atoms with Gasteiger partial charge in [-0.15, -0.1) is 0 Å². The van der Waals surface area contributed by atoms with Gasteiger partial charge in [-0.25, -0.2) is 4.98 Å². The Hall–Kier alpha value is -2.57. The van der Waals surface area contributed by atoms with Gasteiger partial charge in [0.1, 0.15) is 6.04 Å². The van der Waals surface area contributed by atoms with Gasteiger partial charge in [-0.05, 0) is 30.3 Å². The number of hydrogen-bond donors (Lipinski definition) is 2.